The Morgan fingerprint density at radius 1 is 1.06 bits per heavy atom. The summed E-state index contributed by atoms with van der Waals surface area (Å²) >= 11 is 0. The third kappa shape index (κ3) is 4.18. The average molecular weight is 431 g/mol. The van der Waals surface area contributed by atoms with Gasteiger partial charge < -0.3 is 18.4 Å². The first-order valence-electron chi connectivity index (χ1n) is 9.57. The number of ether oxygens (including phenoxy) is 2. The van der Waals surface area contributed by atoms with Crippen LogP contribution in [0.25, 0.3) is 22.1 Å². The fourth-order valence-corrected chi connectivity index (χ4v) is 3.22. The van der Waals surface area contributed by atoms with Crippen LogP contribution in [0.5, 0.6) is 11.6 Å². The zero-order valence-electron chi connectivity index (χ0n) is 16.3. The van der Waals surface area contributed by atoms with Gasteiger partial charge in [0, 0.05) is 5.92 Å². The van der Waals surface area contributed by atoms with Crippen LogP contribution in [0.2, 0.25) is 0 Å². The zero-order chi connectivity index (χ0) is 21.6. The van der Waals surface area contributed by atoms with Crippen LogP contribution in [-0.4, -0.2) is 21.7 Å². The first-order valence-corrected chi connectivity index (χ1v) is 9.57. The molecule has 0 bridgehead atoms. The molecule has 5 rings (SSSR count). The normalized spacial score (nSPS) is 14.2. The second-order valence-electron chi connectivity index (χ2n) is 7.32. The van der Waals surface area contributed by atoms with Gasteiger partial charge in [-0.2, -0.15) is 0 Å². The quantitative estimate of drug-likeness (QED) is 0.396. The Labute approximate surface area is 173 Å². The van der Waals surface area contributed by atoms with E-state index >= 15 is 0 Å². The molecule has 0 radical (unpaired) electrons. The van der Waals surface area contributed by atoms with Crippen LogP contribution in [0.3, 0.4) is 0 Å². The molecule has 2 aromatic heterocycles. The van der Waals surface area contributed by atoms with Crippen molar-refractivity contribution in [2.75, 3.05) is 0 Å². The van der Waals surface area contributed by atoms with E-state index in [0.717, 1.165) is 18.4 Å². The highest BCUT2D eigenvalue weighted by molar-refractivity contribution is 5.87. The molecule has 1 aliphatic carbocycles. The highest BCUT2D eigenvalue weighted by atomic mass is 19.4. The Morgan fingerprint density at radius 3 is 2.58 bits per heavy atom. The van der Waals surface area contributed by atoms with E-state index in [2.05, 4.69) is 20.1 Å². The lowest BCUT2D eigenvalue weighted by Gasteiger charge is -2.12. The highest BCUT2D eigenvalue weighted by Gasteiger charge is 2.32. The molecule has 0 atom stereocenters. The summed E-state index contributed by atoms with van der Waals surface area (Å²) in [5, 5.41) is 12.5. The number of benzene rings is 2. The number of aromatic nitrogens is 3. The lowest BCUT2D eigenvalue weighted by Crippen LogP contribution is -2.17. The summed E-state index contributed by atoms with van der Waals surface area (Å²) in [5.74, 6) is 1.35. The molecule has 1 aliphatic rings. The minimum atomic E-state index is -4.74. The molecule has 0 N–H and O–H groups in total. The predicted molar refractivity (Wildman–Crippen MR) is 101 cm³/mol. The molecular formula is C21H16F3N3O4. The van der Waals surface area contributed by atoms with Crippen LogP contribution in [0, 0.1) is 6.92 Å². The van der Waals surface area contributed by atoms with Crippen molar-refractivity contribution >= 4 is 11.0 Å². The van der Waals surface area contributed by atoms with E-state index in [9.17, 15) is 13.2 Å². The molecule has 0 amide bonds. The SMILES string of the molecule is Cc1cc(-c2ccc3onc(OCc4nnc(C5CC5)o4)c3c2)ccc1OC(F)(F)F. The molecular weight excluding hydrogens is 415 g/mol. The van der Waals surface area contributed by atoms with Crippen LogP contribution in [0.15, 0.2) is 45.3 Å². The van der Waals surface area contributed by atoms with Crippen molar-refractivity contribution in [2.45, 2.75) is 38.7 Å². The maximum atomic E-state index is 12.5. The van der Waals surface area contributed by atoms with Gasteiger partial charge in [-0.3, -0.25) is 0 Å². The molecule has 4 aromatic rings. The third-order valence-electron chi connectivity index (χ3n) is 4.91. The molecule has 7 nitrogen and oxygen atoms in total. The second kappa shape index (κ2) is 7.29. The summed E-state index contributed by atoms with van der Waals surface area (Å²) in [5.41, 5.74) is 2.35. The molecule has 31 heavy (non-hydrogen) atoms. The molecule has 2 heterocycles. The minimum Gasteiger partial charge on any atom is -0.465 e. The number of halogens is 3. The summed E-state index contributed by atoms with van der Waals surface area (Å²) in [6.45, 7) is 1.60. The van der Waals surface area contributed by atoms with Crippen molar-refractivity contribution in [3.63, 3.8) is 0 Å². The molecule has 160 valence electrons. The topological polar surface area (TPSA) is 83.4 Å². The van der Waals surface area contributed by atoms with Gasteiger partial charge in [0.15, 0.2) is 12.2 Å². The Bertz CT molecular complexity index is 1240. The molecule has 10 heteroatoms. The van der Waals surface area contributed by atoms with E-state index in [0.29, 0.717) is 39.8 Å². The highest BCUT2D eigenvalue weighted by Crippen LogP contribution is 2.39. The van der Waals surface area contributed by atoms with Gasteiger partial charge >= 0.3 is 6.36 Å². The van der Waals surface area contributed by atoms with Crippen LogP contribution in [0.4, 0.5) is 13.2 Å². The number of rotatable bonds is 6. The van der Waals surface area contributed by atoms with Crippen molar-refractivity contribution in [2.24, 2.45) is 0 Å². The largest absolute Gasteiger partial charge is 0.573 e. The van der Waals surface area contributed by atoms with Gasteiger partial charge in [0.2, 0.25) is 5.89 Å². The van der Waals surface area contributed by atoms with E-state index < -0.39 is 6.36 Å². The van der Waals surface area contributed by atoms with Gasteiger partial charge in [-0.1, -0.05) is 12.1 Å². The number of aryl methyl sites for hydroxylation is 1. The summed E-state index contributed by atoms with van der Waals surface area (Å²) in [6, 6.07) is 9.77. The standard InChI is InChI=1S/C21H16F3N3O4/c1-11-8-13(4-6-16(11)30-21(22,23)24)14-5-7-17-15(9-14)20(27-31-17)28-10-18-25-26-19(29-18)12-2-3-12/h4-9,12H,2-3,10H2,1H3. The lowest BCUT2D eigenvalue weighted by atomic mass is 10.0. The van der Waals surface area contributed by atoms with E-state index in [1.54, 1.807) is 37.3 Å². The monoisotopic (exact) mass is 431 g/mol. The van der Waals surface area contributed by atoms with Crippen molar-refractivity contribution in [3.05, 3.63) is 53.7 Å². The molecule has 2 aromatic carbocycles. The molecule has 0 unspecified atom stereocenters. The first kappa shape index (κ1) is 19.4. The van der Waals surface area contributed by atoms with Crippen LogP contribution in [-0.2, 0) is 6.61 Å². The van der Waals surface area contributed by atoms with Gasteiger partial charge in [0.05, 0.1) is 5.39 Å². The Kier molecular flexibility index (Phi) is 4.57. The van der Waals surface area contributed by atoms with Gasteiger partial charge in [0.25, 0.3) is 11.8 Å². The van der Waals surface area contributed by atoms with E-state index in [-0.39, 0.29) is 18.2 Å². The van der Waals surface area contributed by atoms with Crippen LogP contribution < -0.4 is 9.47 Å². The van der Waals surface area contributed by atoms with E-state index in [1.165, 1.54) is 6.07 Å². The molecule has 1 saturated carbocycles. The number of fused-ring (bicyclic) bond motifs is 1. The third-order valence-corrected chi connectivity index (χ3v) is 4.91. The smallest absolute Gasteiger partial charge is 0.465 e. The van der Waals surface area contributed by atoms with E-state index in [1.807, 2.05) is 0 Å². The number of nitrogens with zero attached hydrogens (tertiary/aromatic N) is 3. The van der Waals surface area contributed by atoms with Crippen molar-refractivity contribution in [3.8, 4) is 22.8 Å². The lowest BCUT2D eigenvalue weighted by molar-refractivity contribution is -0.274. The molecule has 1 fully saturated rings. The molecule has 0 saturated heterocycles. The van der Waals surface area contributed by atoms with Gasteiger partial charge in [-0.05, 0) is 65.9 Å². The number of hydrogen-bond donors (Lipinski definition) is 0. The minimum absolute atomic E-state index is 0.0498. The Morgan fingerprint density at radius 2 is 1.84 bits per heavy atom. The zero-order valence-corrected chi connectivity index (χ0v) is 16.3. The number of hydrogen-bond acceptors (Lipinski definition) is 7. The Balaban J connectivity index is 1.37. The second-order valence-corrected chi connectivity index (χ2v) is 7.32. The van der Waals surface area contributed by atoms with E-state index in [4.69, 9.17) is 13.7 Å². The van der Waals surface area contributed by atoms with Crippen molar-refractivity contribution in [1.29, 1.82) is 0 Å². The maximum absolute atomic E-state index is 12.5. The maximum Gasteiger partial charge on any atom is 0.573 e. The summed E-state index contributed by atoms with van der Waals surface area (Å²) in [7, 11) is 0. The average Bonchev–Trinajstić information content (AvgIpc) is 3.33. The fourth-order valence-electron chi connectivity index (χ4n) is 3.22. The van der Waals surface area contributed by atoms with Crippen molar-refractivity contribution in [1.82, 2.24) is 15.4 Å². The van der Waals surface area contributed by atoms with Crippen molar-refractivity contribution < 1.29 is 31.6 Å². The molecule has 0 aliphatic heterocycles. The van der Waals surface area contributed by atoms with Gasteiger partial charge in [0.1, 0.15) is 5.75 Å². The Hall–Kier alpha value is -3.56. The fraction of sp³-hybridized carbons (Fsp3) is 0.286. The van der Waals surface area contributed by atoms with Gasteiger partial charge in [-0.25, -0.2) is 0 Å². The summed E-state index contributed by atoms with van der Waals surface area (Å²) in [4.78, 5) is 0. The molecule has 0 spiro atoms. The predicted octanol–water partition coefficient (Wildman–Crippen LogP) is 5.54. The van der Waals surface area contributed by atoms with Crippen LogP contribution >= 0.6 is 0 Å². The summed E-state index contributed by atoms with van der Waals surface area (Å²) < 4.78 is 58.1. The first-order chi connectivity index (χ1) is 14.9. The van der Waals surface area contributed by atoms with Crippen LogP contribution in [0.1, 0.15) is 36.1 Å². The number of alkyl halides is 3. The summed E-state index contributed by atoms with van der Waals surface area (Å²) in [6.07, 6.45) is -2.62. The van der Waals surface area contributed by atoms with Gasteiger partial charge in [-0.15, -0.1) is 23.4 Å².